The molecule has 0 saturated carbocycles. The predicted octanol–water partition coefficient (Wildman–Crippen LogP) is 4.99. The highest BCUT2D eigenvalue weighted by Gasteiger charge is 2.12. The van der Waals surface area contributed by atoms with Crippen LogP contribution in [0.15, 0.2) is 67.3 Å². The van der Waals surface area contributed by atoms with Gasteiger partial charge in [-0.3, -0.25) is 0 Å². The summed E-state index contributed by atoms with van der Waals surface area (Å²) in [5, 5.41) is 4.98. The second-order valence-electron chi connectivity index (χ2n) is 4.86. The van der Waals surface area contributed by atoms with Gasteiger partial charge in [0, 0.05) is 6.04 Å². The van der Waals surface area contributed by atoms with Crippen LogP contribution in [0, 0.1) is 0 Å². The van der Waals surface area contributed by atoms with E-state index in [1.165, 1.54) is 27.1 Å². The minimum absolute atomic E-state index is 0. The van der Waals surface area contributed by atoms with E-state index in [2.05, 4.69) is 61.2 Å². The summed E-state index contributed by atoms with van der Waals surface area (Å²) in [6.45, 7) is 3.81. The van der Waals surface area contributed by atoms with Crippen LogP contribution < -0.4 is 5.73 Å². The van der Waals surface area contributed by atoms with Gasteiger partial charge in [-0.15, -0.1) is 19.0 Å². The van der Waals surface area contributed by atoms with Crippen molar-refractivity contribution in [2.24, 2.45) is 5.73 Å². The minimum Gasteiger partial charge on any atom is -0.324 e. The van der Waals surface area contributed by atoms with E-state index in [4.69, 9.17) is 5.73 Å². The third-order valence-electron chi connectivity index (χ3n) is 3.60. The van der Waals surface area contributed by atoms with Crippen LogP contribution in [0.5, 0.6) is 0 Å². The Morgan fingerprint density at radius 2 is 1.45 bits per heavy atom. The SMILES string of the molecule is C=CC[C@H](N)c1c2ccccc2cc2ccccc12.Cl. The highest BCUT2D eigenvalue weighted by molar-refractivity contribution is 6.02. The lowest BCUT2D eigenvalue weighted by molar-refractivity contribution is 0.755. The van der Waals surface area contributed by atoms with Crippen molar-refractivity contribution in [1.82, 2.24) is 0 Å². The normalized spacial score (nSPS) is 12.1. The topological polar surface area (TPSA) is 26.0 Å². The summed E-state index contributed by atoms with van der Waals surface area (Å²) in [7, 11) is 0. The van der Waals surface area contributed by atoms with Gasteiger partial charge in [-0.2, -0.15) is 0 Å². The van der Waals surface area contributed by atoms with Gasteiger partial charge in [0.1, 0.15) is 0 Å². The zero-order chi connectivity index (χ0) is 13.2. The molecule has 0 unspecified atom stereocenters. The zero-order valence-electron chi connectivity index (χ0n) is 11.3. The second-order valence-corrected chi connectivity index (χ2v) is 4.86. The number of benzene rings is 3. The maximum Gasteiger partial charge on any atom is 0.0342 e. The van der Waals surface area contributed by atoms with Crippen molar-refractivity contribution in [3.63, 3.8) is 0 Å². The van der Waals surface area contributed by atoms with E-state index in [-0.39, 0.29) is 18.4 Å². The van der Waals surface area contributed by atoms with Gasteiger partial charge in [0.2, 0.25) is 0 Å². The Kier molecular flexibility index (Phi) is 4.43. The van der Waals surface area contributed by atoms with Gasteiger partial charge in [-0.1, -0.05) is 54.6 Å². The molecule has 1 nitrogen and oxygen atoms in total. The van der Waals surface area contributed by atoms with Crippen molar-refractivity contribution in [3.05, 3.63) is 72.8 Å². The molecule has 0 aliphatic heterocycles. The molecule has 2 N–H and O–H groups in total. The van der Waals surface area contributed by atoms with E-state index in [0.29, 0.717) is 0 Å². The predicted molar refractivity (Wildman–Crippen MR) is 90.4 cm³/mol. The molecule has 0 saturated heterocycles. The lowest BCUT2D eigenvalue weighted by Gasteiger charge is -2.16. The van der Waals surface area contributed by atoms with Gasteiger partial charge in [0.25, 0.3) is 0 Å². The Bertz CT molecular complexity index is 695. The minimum atomic E-state index is -0.00602. The fraction of sp³-hybridized carbons (Fsp3) is 0.111. The quantitative estimate of drug-likeness (QED) is 0.532. The third-order valence-corrected chi connectivity index (χ3v) is 3.60. The summed E-state index contributed by atoms with van der Waals surface area (Å²) in [5.41, 5.74) is 7.60. The molecule has 20 heavy (non-hydrogen) atoms. The first-order chi connectivity index (χ1) is 9.31. The van der Waals surface area contributed by atoms with Crippen LogP contribution >= 0.6 is 12.4 Å². The largest absolute Gasteiger partial charge is 0.324 e. The van der Waals surface area contributed by atoms with E-state index in [0.717, 1.165) is 6.42 Å². The van der Waals surface area contributed by atoms with E-state index in [1.807, 2.05) is 6.08 Å². The standard InChI is InChI=1S/C18H17N.ClH/c1-2-7-17(19)18-15-10-5-3-8-13(15)12-14-9-4-6-11-16(14)18;/h2-6,8-12,17H,1,7,19H2;1H/t17-;/m0./s1. The van der Waals surface area contributed by atoms with E-state index in [1.54, 1.807) is 0 Å². The molecule has 0 heterocycles. The van der Waals surface area contributed by atoms with E-state index in [9.17, 15) is 0 Å². The first-order valence-electron chi connectivity index (χ1n) is 6.58. The number of hydrogen-bond acceptors (Lipinski definition) is 1. The van der Waals surface area contributed by atoms with Gasteiger partial charge in [0.05, 0.1) is 0 Å². The lowest BCUT2D eigenvalue weighted by atomic mass is 9.91. The molecule has 0 fully saturated rings. The zero-order valence-corrected chi connectivity index (χ0v) is 12.1. The number of nitrogens with two attached hydrogens (primary N) is 1. The van der Waals surface area contributed by atoms with Crippen LogP contribution in [0.4, 0.5) is 0 Å². The average Bonchev–Trinajstić information content (AvgIpc) is 2.44. The Balaban J connectivity index is 0.00000147. The molecule has 2 heteroatoms. The van der Waals surface area contributed by atoms with Gasteiger partial charge in [-0.05, 0) is 39.6 Å². The van der Waals surface area contributed by atoms with E-state index < -0.39 is 0 Å². The Morgan fingerprint density at radius 3 is 1.95 bits per heavy atom. The smallest absolute Gasteiger partial charge is 0.0342 e. The molecule has 0 aliphatic rings. The average molecular weight is 284 g/mol. The molecule has 3 rings (SSSR count). The summed E-state index contributed by atoms with van der Waals surface area (Å²) in [6.07, 6.45) is 2.68. The Morgan fingerprint density at radius 1 is 0.950 bits per heavy atom. The summed E-state index contributed by atoms with van der Waals surface area (Å²) in [6, 6.07) is 19.1. The number of hydrogen-bond donors (Lipinski definition) is 1. The fourth-order valence-electron chi connectivity index (χ4n) is 2.75. The molecule has 1 atom stereocenters. The van der Waals surface area contributed by atoms with Gasteiger partial charge < -0.3 is 5.73 Å². The molecule has 0 spiro atoms. The molecule has 0 aromatic heterocycles. The van der Waals surface area contributed by atoms with Crippen molar-refractivity contribution in [3.8, 4) is 0 Å². The van der Waals surface area contributed by atoms with Crippen molar-refractivity contribution >= 4 is 34.0 Å². The summed E-state index contributed by atoms with van der Waals surface area (Å²) in [5.74, 6) is 0. The van der Waals surface area contributed by atoms with Crippen LogP contribution in [0.3, 0.4) is 0 Å². The monoisotopic (exact) mass is 283 g/mol. The van der Waals surface area contributed by atoms with Crippen LogP contribution in [0.25, 0.3) is 21.5 Å². The maximum absolute atomic E-state index is 6.37. The Labute approximate surface area is 125 Å². The Hall–Kier alpha value is -1.83. The summed E-state index contributed by atoms with van der Waals surface area (Å²) >= 11 is 0. The van der Waals surface area contributed by atoms with Gasteiger partial charge >= 0.3 is 0 Å². The van der Waals surface area contributed by atoms with E-state index >= 15 is 0 Å². The fourth-order valence-corrected chi connectivity index (χ4v) is 2.75. The first-order valence-corrected chi connectivity index (χ1v) is 6.58. The first kappa shape index (κ1) is 14.6. The second kappa shape index (κ2) is 6.08. The lowest BCUT2D eigenvalue weighted by Crippen LogP contribution is -2.10. The number of rotatable bonds is 3. The molecule has 0 radical (unpaired) electrons. The molecule has 3 aromatic carbocycles. The molecule has 0 amide bonds. The molecule has 0 aliphatic carbocycles. The third kappa shape index (κ3) is 2.43. The molecule has 0 bridgehead atoms. The highest BCUT2D eigenvalue weighted by atomic mass is 35.5. The summed E-state index contributed by atoms with van der Waals surface area (Å²) < 4.78 is 0. The number of halogens is 1. The summed E-state index contributed by atoms with van der Waals surface area (Å²) in [4.78, 5) is 0. The van der Waals surface area contributed by atoms with Crippen molar-refractivity contribution in [2.45, 2.75) is 12.5 Å². The van der Waals surface area contributed by atoms with Crippen LogP contribution in [0.1, 0.15) is 18.0 Å². The van der Waals surface area contributed by atoms with Gasteiger partial charge in [-0.25, -0.2) is 0 Å². The molecule has 3 aromatic rings. The molecular weight excluding hydrogens is 266 g/mol. The van der Waals surface area contributed by atoms with Crippen molar-refractivity contribution in [1.29, 1.82) is 0 Å². The van der Waals surface area contributed by atoms with Gasteiger partial charge in [0.15, 0.2) is 0 Å². The number of fused-ring (bicyclic) bond motifs is 2. The maximum atomic E-state index is 6.37. The van der Waals surface area contributed by atoms with Crippen LogP contribution in [-0.2, 0) is 0 Å². The molecule has 102 valence electrons. The van der Waals surface area contributed by atoms with Crippen molar-refractivity contribution in [2.75, 3.05) is 0 Å². The van der Waals surface area contributed by atoms with Crippen LogP contribution in [0.2, 0.25) is 0 Å². The van der Waals surface area contributed by atoms with Crippen LogP contribution in [-0.4, -0.2) is 0 Å². The van der Waals surface area contributed by atoms with Crippen molar-refractivity contribution < 1.29 is 0 Å². The molecular formula is C18H18ClN. The highest BCUT2D eigenvalue weighted by Crippen LogP contribution is 2.33.